The highest BCUT2D eigenvalue weighted by Gasteiger charge is 2.20. The molecule has 0 aliphatic carbocycles. The second-order valence-corrected chi connectivity index (χ2v) is 6.38. The molecule has 19 heavy (non-hydrogen) atoms. The highest BCUT2D eigenvalue weighted by atomic mass is 32.2. The second-order valence-electron chi connectivity index (χ2n) is 4.96. The summed E-state index contributed by atoms with van der Waals surface area (Å²) >= 11 is 0. The van der Waals surface area contributed by atoms with Crippen molar-refractivity contribution in [2.75, 3.05) is 11.3 Å². The molecule has 0 bridgehead atoms. The number of nitrogens with one attached hydrogen (secondary N) is 2. The Morgan fingerprint density at radius 3 is 2.47 bits per heavy atom. The van der Waals surface area contributed by atoms with Crippen LogP contribution < -0.4 is 9.44 Å². The lowest BCUT2D eigenvalue weighted by molar-refractivity contribution is 0.350. The molecule has 0 spiro atoms. The quantitative estimate of drug-likeness (QED) is 0.726. The lowest BCUT2D eigenvalue weighted by atomic mass is 10.1. The molecule has 0 aromatic heterocycles. The number of para-hydroxylation sites is 1. The minimum Gasteiger partial charge on any atom is -0.384 e. The van der Waals surface area contributed by atoms with Gasteiger partial charge in [-0.25, -0.2) is 0 Å². The van der Waals surface area contributed by atoms with Crippen molar-refractivity contribution in [2.24, 2.45) is 0 Å². The molecular weight excluding hydrogens is 264 g/mol. The number of anilines is 1. The van der Waals surface area contributed by atoms with E-state index in [1.54, 1.807) is 45.0 Å². The first-order chi connectivity index (χ1) is 8.73. The van der Waals surface area contributed by atoms with E-state index < -0.39 is 15.7 Å². The van der Waals surface area contributed by atoms with Crippen LogP contribution in [0, 0.1) is 11.8 Å². The summed E-state index contributed by atoms with van der Waals surface area (Å²) in [7, 11) is -3.67. The third kappa shape index (κ3) is 5.75. The molecule has 1 aromatic rings. The number of rotatable bonds is 3. The lowest BCUT2D eigenvalue weighted by Crippen LogP contribution is -2.43. The van der Waals surface area contributed by atoms with Gasteiger partial charge in [0.15, 0.2) is 0 Å². The molecule has 0 unspecified atom stereocenters. The van der Waals surface area contributed by atoms with Gasteiger partial charge in [0.1, 0.15) is 6.61 Å². The largest absolute Gasteiger partial charge is 0.384 e. The topological polar surface area (TPSA) is 78.4 Å². The number of aliphatic hydroxyl groups is 1. The first-order valence-electron chi connectivity index (χ1n) is 5.74. The van der Waals surface area contributed by atoms with Crippen molar-refractivity contribution < 1.29 is 13.5 Å². The Labute approximate surface area is 114 Å². The molecule has 0 fully saturated rings. The predicted octanol–water partition coefficient (Wildman–Crippen LogP) is 1.08. The average molecular weight is 282 g/mol. The highest BCUT2D eigenvalue weighted by Crippen LogP contribution is 2.15. The van der Waals surface area contributed by atoms with Gasteiger partial charge in [-0.2, -0.15) is 13.1 Å². The molecule has 1 rings (SSSR count). The van der Waals surface area contributed by atoms with E-state index in [4.69, 9.17) is 5.11 Å². The Hall–Kier alpha value is -1.55. The molecular formula is C13H18N2O3S. The molecule has 0 atom stereocenters. The highest BCUT2D eigenvalue weighted by molar-refractivity contribution is 7.90. The maximum Gasteiger partial charge on any atom is 0.299 e. The van der Waals surface area contributed by atoms with Gasteiger partial charge < -0.3 is 5.11 Å². The van der Waals surface area contributed by atoms with Crippen LogP contribution in [0.15, 0.2) is 24.3 Å². The minimum atomic E-state index is -3.67. The van der Waals surface area contributed by atoms with Crippen molar-refractivity contribution in [3.8, 4) is 11.8 Å². The van der Waals surface area contributed by atoms with Crippen LogP contribution in [0.1, 0.15) is 26.3 Å². The summed E-state index contributed by atoms with van der Waals surface area (Å²) in [6.45, 7) is 4.98. The Kier molecular flexibility index (Phi) is 4.95. The van der Waals surface area contributed by atoms with Gasteiger partial charge in [-0.1, -0.05) is 24.0 Å². The standard InChI is InChI=1S/C13H18N2O3S/c1-13(2,3)15-19(17,18)14-12-9-5-4-7-11(12)8-6-10-16/h4-5,7,9,14-16H,10H2,1-3H3. The Morgan fingerprint density at radius 2 is 1.89 bits per heavy atom. The first-order valence-corrected chi connectivity index (χ1v) is 7.22. The van der Waals surface area contributed by atoms with Crippen molar-refractivity contribution in [1.29, 1.82) is 0 Å². The molecule has 0 saturated heterocycles. The Morgan fingerprint density at radius 1 is 1.26 bits per heavy atom. The van der Waals surface area contributed by atoms with Gasteiger partial charge in [0, 0.05) is 11.1 Å². The average Bonchev–Trinajstić information content (AvgIpc) is 2.24. The van der Waals surface area contributed by atoms with Gasteiger partial charge in [-0.3, -0.25) is 4.72 Å². The normalized spacial score (nSPS) is 11.6. The smallest absolute Gasteiger partial charge is 0.299 e. The minimum absolute atomic E-state index is 0.276. The summed E-state index contributed by atoms with van der Waals surface area (Å²) in [4.78, 5) is 0. The van der Waals surface area contributed by atoms with E-state index in [2.05, 4.69) is 21.3 Å². The number of aliphatic hydroxyl groups excluding tert-OH is 1. The summed E-state index contributed by atoms with van der Waals surface area (Å²) in [5.41, 5.74) is 0.313. The molecule has 1 aromatic carbocycles. The summed E-state index contributed by atoms with van der Waals surface area (Å²) in [6, 6.07) is 6.75. The zero-order valence-corrected chi connectivity index (χ0v) is 12.0. The molecule has 3 N–H and O–H groups in total. The summed E-state index contributed by atoms with van der Waals surface area (Å²) in [5.74, 6) is 5.18. The van der Waals surface area contributed by atoms with Crippen LogP contribution in [0.2, 0.25) is 0 Å². The van der Waals surface area contributed by atoms with E-state index in [0.29, 0.717) is 11.3 Å². The van der Waals surface area contributed by atoms with Crippen molar-refractivity contribution >= 4 is 15.9 Å². The maximum atomic E-state index is 11.9. The zero-order chi connectivity index (χ0) is 14.5. The van der Waals surface area contributed by atoms with Crippen molar-refractivity contribution in [1.82, 2.24) is 4.72 Å². The second kappa shape index (κ2) is 6.06. The summed E-state index contributed by atoms with van der Waals surface area (Å²) < 4.78 is 28.8. The van der Waals surface area contributed by atoms with E-state index >= 15 is 0 Å². The molecule has 0 aliphatic rings. The van der Waals surface area contributed by atoms with Gasteiger partial charge in [0.2, 0.25) is 0 Å². The van der Waals surface area contributed by atoms with E-state index in [1.165, 1.54) is 0 Å². The summed E-state index contributed by atoms with van der Waals surface area (Å²) in [5, 5.41) is 8.68. The van der Waals surface area contributed by atoms with Crippen molar-refractivity contribution in [3.05, 3.63) is 29.8 Å². The first kappa shape index (κ1) is 15.5. The fraction of sp³-hybridized carbons (Fsp3) is 0.385. The molecule has 6 heteroatoms. The molecule has 104 valence electrons. The predicted molar refractivity (Wildman–Crippen MR) is 75.8 cm³/mol. The fourth-order valence-corrected chi connectivity index (χ4v) is 2.71. The van der Waals surface area contributed by atoms with Gasteiger partial charge in [-0.15, -0.1) is 0 Å². The lowest BCUT2D eigenvalue weighted by Gasteiger charge is -2.21. The van der Waals surface area contributed by atoms with Crippen molar-refractivity contribution in [2.45, 2.75) is 26.3 Å². The van der Waals surface area contributed by atoms with E-state index in [9.17, 15) is 8.42 Å². The third-order valence-electron chi connectivity index (χ3n) is 1.91. The Balaban J connectivity index is 3.00. The van der Waals surface area contributed by atoms with E-state index in [1.807, 2.05) is 0 Å². The summed E-state index contributed by atoms with van der Waals surface area (Å²) in [6.07, 6.45) is 0. The number of benzene rings is 1. The van der Waals surface area contributed by atoms with E-state index in [-0.39, 0.29) is 6.61 Å². The van der Waals surface area contributed by atoms with Crippen LogP contribution in [-0.2, 0) is 10.2 Å². The molecule has 0 saturated carbocycles. The molecule has 0 amide bonds. The maximum absolute atomic E-state index is 11.9. The van der Waals surface area contributed by atoms with Crippen LogP contribution in [0.4, 0.5) is 5.69 Å². The SMILES string of the molecule is CC(C)(C)NS(=O)(=O)Nc1ccccc1C#CCO. The van der Waals surface area contributed by atoms with Gasteiger partial charge >= 0.3 is 0 Å². The number of hydrogen-bond donors (Lipinski definition) is 3. The van der Waals surface area contributed by atoms with Gasteiger partial charge in [0.25, 0.3) is 10.2 Å². The number of hydrogen-bond acceptors (Lipinski definition) is 3. The van der Waals surface area contributed by atoms with Crippen LogP contribution in [0.25, 0.3) is 0 Å². The molecule has 0 radical (unpaired) electrons. The van der Waals surface area contributed by atoms with Gasteiger partial charge in [-0.05, 0) is 32.9 Å². The molecule has 5 nitrogen and oxygen atoms in total. The van der Waals surface area contributed by atoms with Crippen molar-refractivity contribution in [3.63, 3.8) is 0 Å². The zero-order valence-electron chi connectivity index (χ0n) is 11.2. The molecule has 0 heterocycles. The molecule has 0 aliphatic heterocycles. The monoisotopic (exact) mass is 282 g/mol. The van der Waals surface area contributed by atoms with Crippen LogP contribution in [-0.4, -0.2) is 25.7 Å². The van der Waals surface area contributed by atoms with Gasteiger partial charge in [0.05, 0.1) is 5.69 Å². The third-order valence-corrected chi connectivity index (χ3v) is 3.28. The fourth-order valence-electron chi connectivity index (χ4n) is 1.39. The Bertz CT molecular complexity index is 592. The van der Waals surface area contributed by atoms with Crippen LogP contribution in [0.5, 0.6) is 0 Å². The van der Waals surface area contributed by atoms with E-state index in [0.717, 1.165) is 0 Å². The van der Waals surface area contributed by atoms with Crippen LogP contribution in [0.3, 0.4) is 0 Å². The van der Waals surface area contributed by atoms with Crippen LogP contribution >= 0.6 is 0 Å².